The molecule has 0 aliphatic carbocycles. The quantitative estimate of drug-likeness (QED) is 0.487. The molecule has 1 unspecified atom stereocenters. The summed E-state index contributed by atoms with van der Waals surface area (Å²) in [6.45, 7) is 1.82. The molecule has 1 aliphatic rings. The molecule has 0 bridgehead atoms. The third-order valence-electron chi connectivity index (χ3n) is 4.51. The second-order valence-corrected chi connectivity index (χ2v) is 9.42. The Morgan fingerprint density at radius 3 is 2.68 bits per heavy atom. The fourth-order valence-corrected chi connectivity index (χ4v) is 4.79. The van der Waals surface area contributed by atoms with Crippen molar-refractivity contribution < 1.29 is 18.5 Å². The second-order valence-electron chi connectivity index (χ2n) is 6.82. The zero-order valence-electron chi connectivity index (χ0n) is 16.3. The SMILES string of the molecule is C[C@H]1Sc2ccc(C(=O)Nc3cccc([S+]([O-])Nc4cccc(F)c4)c3)cc2NC1=O. The first-order valence-corrected chi connectivity index (χ1v) is 11.4. The van der Waals surface area contributed by atoms with Gasteiger partial charge >= 0.3 is 0 Å². The summed E-state index contributed by atoms with van der Waals surface area (Å²) in [7, 11) is 0. The van der Waals surface area contributed by atoms with Crippen molar-refractivity contribution in [3.05, 3.63) is 78.1 Å². The number of anilines is 3. The summed E-state index contributed by atoms with van der Waals surface area (Å²) in [5.74, 6) is -0.894. The molecule has 1 aliphatic heterocycles. The molecule has 3 aromatic rings. The van der Waals surface area contributed by atoms with Crippen LogP contribution in [0.4, 0.5) is 21.5 Å². The van der Waals surface area contributed by atoms with Crippen molar-refractivity contribution >= 4 is 52.0 Å². The van der Waals surface area contributed by atoms with Crippen LogP contribution in [-0.4, -0.2) is 21.6 Å². The van der Waals surface area contributed by atoms with Gasteiger partial charge in [-0.2, -0.15) is 0 Å². The monoisotopic (exact) mass is 455 g/mol. The summed E-state index contributed by atoms with van der Waals surface area (Å²) in [4.78, 5) is 25.9. The lowest BCUT2D eigenvalue weighted by molar-refractivity contribution is -0.115. The van der Waals surface area contributed by atoms with Gasteiger partial charge in [-0.25, -0.2) is 9.11 Å². The van der Waals surface area contributed by atoms with E-state index in [2.05, 4.69) is 15.4 Å². The lowest BCUT2D eigenvalue weighted by Crippen LogP contribution is -2.26. The van der Waals surface area contributed by atoms with Crippen molar-refractivity contribution in [1.82, 2.24) is 0 Å². The maximum absolute atomic E-state index is 13.3. The molecule has 2 atom stereocenters. The van der Waals surface area contributed by atoms with Gasteiger partial charge in [-0.05, 0) is 49.4 Å². The number of fused-ring (bicyclic) bond motifs is 1. The number of thioether (sulfide) groups is 1. The smallest absolute Gasteiger partial charge is 0.255 e. The molecule has 0 fully saturated rings. The van der Waals surface area contributed by atoms with E-state index in [1.54, 1.807) is 48.5 Å². The van der Waals surface area contributed by atoms with Crippen molar-refractivity contribution in [2.24, 2.45) is 0 Å². The molecule has 0 saturated carbocycles. The predicted octanol–water partition coefficient (Wildman–Crippen LogP) is 4.65. The highest BCUT2D eigenvalue weighted by Gasteiger charge is 2.24. The Hall–Kier alpha value is -3.01. The number of rotatable bonds is 5. The van der Waals surface area contributed by atoms with E-state index in [0.717, 1.165) is 4.90 Å². The van der Waals surface area contributed by atoms with Crippen LogP contribution in [-0.2, 0) is 16.2 Å². The van der Waals surface area contributed by atoms with Crippen LogP contribution in [0.15, 0.2) is 76.5 Å². The Labute approximate surface area is 185 Å². The largest absolute Gasteiger partial charge is 0.588 e. The van der Waals surface area contributed by atoms with E-state index in [9.17, 15) is 18.5 Å². The first-order valence-electron chi connectivity index (χ1n) is 9.36. The highest BCUT2D eigenvalue weighted by molar-refractivity contribution is 8.01. The Morgan fingerprint density at radius 2 is 1.87 bits per heavy atom. The molecule has 3 aromatic carbocycles. The molecule has 0 radical (unpaired) electrons. The van der Waals surface area contributed by atoms with Gasteiger partial charge in [-0.15, -0.1) is 11.8 Å². The third kappa shape index (κ3) is 5.01. The van der Waals surface area contributed by atoms with E-state index in [4.69, 9.17) is 0 Å². The van der Waals surface area contributed by atoms with Crippen molar-refractivity contribution in [3.8, 4) is 0 Å². The fraction of sp³-hybridized carbons (Fsp3) is 0.0909. The number of amides is 2. The van der Waals surface area contributed by atoms with Gasteiger partial charge in [0.2, 0.25) is 5.91 Å². The van der Waals surface area contributed by atoms with Crippen molar-refractivity contribution in [3.63, 3.8) is 0 Å². The number of hydrogen-bond acceptors (Lipinski definition) is 5. The summed E-state index contributed by atoms with van der Waals surface area (Å²) >= 11 is -0.197. The summed E-state index contributed by atoms with van der Waals surface area (Å²) in [6, 6.07) is 17.4. The van der Waals surface area contributed by atoms with E-state index >= 15 is 0 Å². The zero-order valence-corrected chi connectivity index (χ0v) is 18.0. The van der Waals surface area contributed by atoms with Crippen LogP contribution in [0, 0.1) is 5.82 Å². The minimum absolute atomic E-state index is 0.101. The number of carbonyl (C=O) groups is 2. The Morgan fingerprint density at radius 1 is 1.10 bits per heavy atom. The van der Waals surface area contributed by atoms with E-state index in [-0.39, 0.29) is 17.1 Å². The number of hydrogen-bond donors (Lipinski definition) is 3. The van der Waals surface area contributed by atoms with Gasteiger partial charge in [0.25, 0.3) is 5.91 Å². The van der Waals surface area contributed by atoms with Gasteiger partial charge in [-0.1, -0.05) is 12.1 Å². The molecule has 0 spiro atoms. The molecule has 3 N–H and O–H groups in total. The van der Waals surface area contributed by atoms with Crippen LogP contribution in [0.5, 0.6) is 0 Å². The van der Waals surface area contributed by atoms with E-state index in [1.165, 1.54) is 30.0 Å². The highest BCUT2D eigenvalue weighted by atomic mass is 32.2. The molecule has 0 saturated heterocycles. The maximum atomic E-state index is 13.3. The fourth-order valence-electron chi connectivity index (χ4n) is 2.96. The Kier molecular flexibility index (Phi) is 6.17. The average molecular weight is 456 g/mol. The first kappa shape index (κ1) is 21.2. The van der Waals surface area contributed by atoms with Gasteiger partial charge in [0.1, 0.15) is 17.2 Å². The number of nitrogens with one attached hydrogen (secondary N) is 3. The van der Waals surface area contributed by atoms with Crippen molar-refractivity contribution in [2.45, 2.75) is 22.0 Å². The molecule has 9 heteroatoms. The van der Waals surface area contributed by atoms with E-state index in [1.807, 2.05) is 6.92 Å². The van der Waals surface area contributed by atoms with Crippen molar-refractivity contribution in [1.29, 1.82) is 0 Å². The van der Waals surface area contributed by atoms with Gasteiger partial charge in [-0.3, -0.25) is 9.59 Å². The minimum Gasteiger partial charge on any atom is -0.588 e. The standard InChI is InChI=1S/C22H18FN3O3S2/c1-13-21(27)25-19-10-14(8-9-20(19)30-13)22(28)24-16-5-3-7-18(12-16)31(29)26-17-6-2-4-15(23)11-17/h2-13,26H,1H3,(H,24,28)(H,25,27)/t13-,31?/m1/s1. The second kappa shape index (κ2) is 9.01. The Balaban J connectivity index is 1.47. The minimum atomic E-state index is -1.64. The number of carbonyl (C=O) groups excluding carboxylic acids is 2. The lowest BCUT2D eigenvalue weighted by Gasteiger charge is -2.21. The van der Waals surface area contributed by atoms with E-state index in [0.29, 0.717) is 27.5 Å². The van der Waals surface area contributed by atoms with Crippen LogP contribution >= 0.6 is 11.8 Å². The molecule has 1 heterocycles. The van der Waals surface area contributed by atoms with Gasteiger partial charge < -0.3 is 15.2 Å². The van der Waals surface area contributed by atoms with Gasteiger partial charge in [0.05, 0.1) is 16.6 Å². The van der Waals surface area contributed by atoms with Crippen molar-refractivity contribution in [2.75, 3.05) is 15.4 Å². The summed E-state index contributed by atoms with van der Waals surface area (Å²) < 4.78 is 28.6. The molecular weight excluding hydrogens is 437 g/mol. The summed E-state index contributed by atoms with van der Waals surface area (Å²) in [5, 5.41) is 5.39. The van der Waals surface area contributed by atoms with Gasteiger partial charge in [0, 0.05) is 28.3 Å². The predicted molar refractivity (Wildman–Crippen MR) is 121 cm³/mol. The van der Waals surface area contributed by atoms with Crippen LogP contribution in [0.25, 0.3) is 0 Å². The topological polar surface area (TPSA) is 93.3 Å². The third-order valence-corrected chi connectivity index (χ3v) is 6.79. The van der Waals surface area contributed by atoms with Gasteiger partial charge in [0.15, 0.2) is 4.90 Å². The average Bonchev–Trinajstić information content (AvgIpc) is 2.74. The van der Waals surface area contributed by atoms with Crippen LogP contribution in [0.1, 0.15) is 17.3 Å². The molecular formula is C22H18FN3O3S2. The number of benzene rings is 3. The molecule has 4 rings (SSSR count). The molecule has 0 aromatic heterocycles. The maximum Gasteiger partial charge on any atom is 0.255 e. The molecule has 158 valence electrons. The molecule has 31 heavy (non-hydrogen) atoms. The lowest BCUT2D eigenvalue weighted by atomic mass is 10.1. The normalized spacial score (nSPS) is 16.1. The Bertz CT molecular complexity index is 1160. The van der Waals surface area contributed by atoms with Crippen LogP contribution in [0.3, 0.4) is 0 Å². The van der Waals surface area contributed by atoms with Crippen LogP contribution < -0.4 is 15.4 Å². The first-order chi connectivity index (χ1) is 14.9. The summed E-state index contributed by atoms with van der Waals surface area (Å²) in [5.41, 5.74) is 1.84. The van der Waals surface area contributed by atoms with Crippen LogP contribution in [0.2, 0.25) is 0 Å². The zero-order chi connectivity index (χ0) is 22.0. The summed E-state index contributed by atoms with van der Waals surface area (Å²) in [6.07, 6.45) is 0. The molecule has 6 nitrogen and oxygen atoms in total. The van der Waals surface area contributed by atoms with E-state index < -0.39 is 17.2 Å². The highest BCUT2D eigenvalue weighted by Crippen LogP contribution is 2.36. The molecule has 2 amide bonds. The number of halogens is 1.